The van der Waals surface area contributed by atoms with Gasteiger partial charge in [0.15, 0.2) is 0 Å². The molecule has 0 radical (unpaired) electrons. The molecular formula is C12H13ClN2O3. The minimum absolute atomic E-state index is 0.0792. The SMILES string of the molecule is CNC(=O)c1cc(Cl)ccc1N1CC(O)CC1=O. The van der Waals surface area contributed by atoms with Crippen LogP contribution in [-0.4, -0.2) is 36.6 Å². The van der Waals surface area contributed by atoms with Crippen LogP contribution in [0.3, 0.4) is 0 Å². The molecule has 2 amide bonds. The average molecular weight is 269 g/mol. The Morgan fingerprint density at radius 3 is 2.83 bits per heavy atom. The van der Waals surface area contributed by atoms with Crippen LogP contribution < -0.4 is 10.2 Å². The minimum atomic E-state index is -0.689. The Morgan fingerprint density at radius 1 is 1.56 bits per heavy atom. The fourth-order valence-electron chi connectivity index (χ4n) is 1.98. The van der Waals surface area contributed by atoms with Crippen LogP contribution in [0.1, 0.15) is 16.8 Å². The summed E-state index contributed by atoms with van der Waals surface area (Å²) in [5, 5.41) is 12.4. The van der Waals surface area contributed by atoms with Crippen LogP contribution >= 0.6 is 11.6 Å². The number of amides is 2. The highest BCUT2D eigenvalue weighted by Gasteiger charge is 2.31. The zero-order chi connectivity index (χ0) is 13.3. The van der Waals surface area contributed by atoms with Gasteiger partial charge in [-0.15, -0.1) is 0 Å². The number of β-amino-alcohol motifs (C(OH)–C–C–N with tert-alkyl or cyclic N) is 1. The number of aliphatic hydroxyl groups excluding tert-OH is 1. The van der Waals surface area contributed by atoms with E-state index in [1.165, 1.54) is 18.0 Å². The topological polar surface area (TPSA) is 69.6 Å². The lowest BCUT2D eigenvalue weighted by Crippen LogP contribution is -2.29. The predicted molar refractivity (Wildman–Crippen MR) is 67.8 cm³/mol. The van der Waals surface area contributed by atoms with Crippen molar-refractivity contribution in [2.24, 2.45) is 0 Å². The van der Waals surface area contributed by atoms with Crippen LogP contribution in [0.2, 0.25) is 5.02 Å². The zero-order valence-corrected chi connectivity index (χ0v) is 10.6. The van der Waals surface area contributed by atoms with Crippen molar-refractivity contribution >= 4 is 29.1 Å². The van der Waals surface area contributed by atoms with E-state index in [0.29, 0.717) is 16.3 Å². The standard InChI is InChI=1S/C12H13ClN2O3/c1-14-12(18)9-4-7(13)2-3-10(9)15-6-8(16)5-11(15)17/h2-4,8,16H,5-6H2,1H3,(H,14,18). The summed E-state index contributed by atoms with van der Waals surface area (Å²) >= 11 is 5.86. The van der Waals surface area contributed by atoms with E-state index in [0.717, 1.165) is 0 Å². The fourth-order valence-corrected chi connectivity index (χ4v) is 2.15. The maximum atomic E-state index is 11.8. The summed E-state index contributed by atoms with van der Waals surface area (Å²) in [6.45, 7) is 0.199. The maximum absolute atomic E-state index is 11.8. The lowest BCUT2D eigenvalue weighted by molar-refractivity contribution is -0.117. The van der Waals surface area contributed by atoms with Gasteiger partial charge in [0, 0.05) is 12.1 Å². The third kappa shape index (κ3) is 2.32. The van der Waals surface area contributed by atoms with Gasteiger partial charge in [-0.05, 0) is 18.2 Å². The molecule has 0 aromatic heterocycles. The Balaban J connectivity index is 2.44. The first-order valence-electron chi connectivity index (χ1n) is 5.53. The first kappa shape index (κ1) is 12.9. The third-order valence-electron chi connectivity index (χ3n) is 2.83. The second kappa shape index (κ2) is 4.96. The largest absolute Gasteiger partial charge is 0.391 e. The van der Waals surface area contributed by atoms with E-state index < -0.39 is 6.10 Å². The predicted octanol–water partition coefficient (Wildman–Crippen LogP) is 0.797. The number of hydrogen-bond acceptors (Lipinski definition) is 3. The second-order valence-electron chi connectivity index (χ2n) is 4.10. The quantitative estimate of drug-likeness (QED) is 0.833. The van der Waals surface area contributed by atoms with Crippen molar-refractivity contribution in [3.8, 4) is 0 Å². The molecule has 1 atom stereocenters. The molecule has 1 aromatic carbocycles. The number of halogens is 1. The molecule has 6 heteroatoms. The summed E-state index contributed by atoms with van der Waals surface area (Å²) in [6, 6.07) is 4.73. The van der Waals surface area contributed by atoms with Gasteiger partial charge in [-0.2, -0.15) is 0 Å². The smallest absolute Gasteiger partial charge is 0.253 e. The Hall–Kier alpha value is -1.59. The van der Waals surface area contributed by atoms with Crippen molar-refractivity contribution in [1.82, 2.24) is 5.32 Å². The molecular weight excluding hydrogens is 256 g/mol. The average Bonchev–Trinajstić information content (AvgIpc) is 2.67. The van der Waals surface area contributed by atoms with Gasteiger partial charge in [0.25, 0.3) is 5.91 Å². The first-order valence-corrected chi connectivity index (χ1v) is 5.90. The van der Waals surface area contributed by atoms with Crippen LogP contribution in [0, 0.1) is 0 Å². The van der Waals surface area contributed by atoms with E-state index in [-0.39, 0.29) is 24.8 Å². The molecule has 1 heterocycles. The maximum Gasteiger partial charge on any atom is 0.253 e. The number of carbonyl (C=O) groups is 2. The van der Waals surface area contributed by atoms with Crippen molar-refractivity contribution in [3.63, 3.8) is 0 Å². The molecule has 1 unspecified atom stereocenters. The van der Waals surface area contributed by atoms with E-state index in [4.69, 9.17) is 11.6 Å². The first-order chi connectivity index (χ1) is 8.52. The zero-order valence-electron chi connectivity index (χ0n) is 9.81. The number of rotatable bonds is 2. The molecule has 1 fully saturated rings. The summed E-state index contributed by atoms with van der Waals surface area (Å²) in [7, 11) is 1.51. The van der Waals surface area contributed by atoms with Gasteiger partial charge in [-0.25, -0.2) is 0 Å². The number of hydrogen-bond donors (Lipinski definition) is 2. The summed E-state index contributed by atoms with van der Waals surface area (Å²) in [6.07, 6.45) is -0.610. The van der Waals surface area contributed by atoms with Crippen LogP contribution in [0.5, 0.6) is 0 Å². The van der Waals surface area contributed by atoms with Gasteiger partial charge in [0.05, 0.1) is 30.3 Å². The number of benzene rings is 1. The van der Waals surface area contributed by atoms with Crippen molar-refractivity contribution in [3.05, 3.63) is 28.8 Å². The monoisotopic (exact) mass is 268 g/mol. The molecule has 1 saturated heterocycles. The van der Waals surface area contributed by atoms with Gasteiger partial charge in [0.1, 0.15) is 0 Å². The molecule has 1 aliphatic rings. The third-order valence-corrected chi connectivity index (χ3v) is 3.06. The van der Waals surface area contributed by atoms with Crippen LogP contribution in [0.25, 0.3) is 0 Å². The number of nitrogens with one attached hydrogen (secondary N) is 1. The van der Waals surface area contributed by atoms with Crippen LogP contribution in [0.4, 0.5) is 5.69 Å². The molecule has 1 aromatic rings. The molecule has 96 valence electrons. The fraction of sp³-hybridized carbons (Fsp3) is 0.333. The van der Waals surface area contributed by atoms with Crippen molar-refractivity contribution in [2.75, 3.05) is 18.5 Å². The molecule has 18 heavy (non-hydrogen) atoms. The Morgan fingerprint density at radius 2 is 2.28 bits per heavy atom. The van der Waals surface area contributed by atoms with E-state index in [1.807, 2.05) is 0 Å². The van der Waals surface area contributed by atoms with Gasteiger partial charge < -0.3 is 15.3 Å². The molecule has 0 aliphatic carbocycles. The Labute approximate surface area is 109 Å². The lowest BCUT2D eigenvalue weighted by atomic mass is 10.1. The van der Waals surface area contributed by atoms with E-state index in [9.17, 15) is 14.7 Å². The molecule has 0 spiro atoms. The van der Waals surface area contributed by atoms with Crippen LogP contribution in [0.15, 0.2) is 18.2 Å². The number of aliphatic hydroxyl groups is 1. The van der Waals surface area contributed by atoms with E-state index in [1.54, 1.807) is 12.1 Å². The van der Waals surface area contributed by atoms with E-state index in [2.05, 4.69) is 5.32 Å². The van der Waals surface area contributed by atoms with Crippen molar-refractivity contribution in [1.29, 1.82) is 0 Å². The molecule has 1 aliphatic heterocycles. The Kier molecular flexibility index (Phi) is 3.54. The minimum Gasteiger partial charge on any atom is -0.391 e. The summed E-state index contributed by atoms with van der Waals surface area (Å²) in [5.41, 5.74) is 0.799. The highest BCUT2D eigenvalue weighted by atomic mass is 35.5. The molecule has 2 rings (SSSR count). The number of carbonyl (C=O) groups excluding carboxylic acids is 2. The normalized spacial score (nSPS) is 19.2. The highest BCUT2D eigenvalue weighted by Crippen LogP contribution is 2.28. The summed E-state index contributed by atoms with van der Waals surface area (Å²) < 4.78 is 0. The summed E-state index contributed by atoms with van der Waals surface area (Å²) in [5.74, 6) is -0.517. The van der Waals surface area contributed by atoms with Gasteiger partial charge in [0.2, 0.25) is 5.91 Å². The van der Waals surface area contributed by atoms with Gasteiger partial charge in [-0.1, -0.05) is 11.6 Å². The Bertz CT molecular complexity index is 504. The molecule has 0 bridgehead atoms. The number of anilines is 1. The molecule has 2 N–H and O–H groups in total. The second-order valence-corrected chi connectivity index (χ2v) is 4.54. The van der Waals surface area contributed by atoms with Crippen molar-refractivity contribution in [2.45, 2.75) is 12.5 Å². The molecule has 0 saturated carbocycles. The van der Waals surface area contributed by atoms with Gasteiger partial charge in [-0.3, -0.25) is 9.59 Å². The number of nitrogens with zero attached hydrogens (tertiary/aromatic N) is 1. The van der Waals surface area contributed by atoms with E-state index >= 15 is 0 Å². The van der Waals surface area contributed by atoms with Crippen LogP contribution in [-0.2, 0) is 4.79 Å². The van der Waals surface area contributed by atoms with Crippen molar-refractivity contribution < 1.29 is 14.7 Å². The highest BCUT2D eigenvalue weighted by molar-refractivity contribution is 6.31. The molecule has 5 nitrogen and oxygen atoms in total. The lowest BCUT2D eigenvalue weighted by Gasteiger charge is -2.19. The summed E-state index contributed by atoms with van der Waals surface area (Å²) in [4.78, 5) is 24.9. The van der Waals surface area contributed by atoms with Gasteiger partial charge >= 0.3 is 0 Å².